The molecule has 0 aromatic rings. The fourth-order valence-corrected chi connectivity index (χ4v) is 4.03. The van der Waals surface area contributed by atoms with Crippen molar-refractivity contribution in [3.63, 3.8) is 0 Å². The fraction of sp³-hybridized carbons (Fsp3) is 0.643. The van der Waals surface area contributed by atoms with E-state index in [0.717, 1.165) is 36.1 Å². The molecule has 0 fully saturated rings. The van der Waals surface area contributed by atoms with Crippen LogP contribution in [0.4, 0.5) is 0 Å². The van der Waals surface area contributed by atoms with Crippen LogP contribution >= 0.6 is 44.5 Å². The summed E-state index contributed by atoms with van der Waals surface area (Å²) in [5, 5.41) is 0. The zero-order chi connectivity index (χ0) is 17.3. The summed E-state index contributed by atoms with van der Waals surface area (Å²) in [5.41, 5.74) is 0. The Kier molecular flexibility index (Phi) is 11.0. The lowest BCUT2D eigenvalue weighted by Gasteiger charge is -2.26. The maximum atomic E-state index is 12.5. The minimum Gasteiger partial charge on any atom is -0.269 e. The van der Waals surface area contributed by atoms with E-state index in [-0.39, 0.29) is 17.4 Å². The van der Waals surface area contributed by atoms with Crippen molar-refractivity contribution in [1.29, 1.82) is 0 Å². The Bertz CT molecular complexity index is 526. The van der Waals surface area contributed by atoms with Crippen LogP contribution in [0.2, 0.25) is 0 Å². The van der Waals surface area contributed by atoms with Gasteiger partial charge >= 0.3 is 0 Å². The monoisotopic (exact) mass is 475 g/mol. The van der Waals surface area contributed by atoms with Crippen LogP contribution in [0.5, 0.6) is 0 Å². The molecule has 8 heteroatoms. The third-order valence-electron chi connectivity index (χ3n) is 3.31. The van der Waals surface area contributed by atoms with Crippen LogP contribution in [0.3, 0.4) is 0 Å². The van der Waals surface area contributed by atoms with Crippen LogP contribution in [0.1, 0.15) is 46.5 Å². The Morgan fingerprint density at radius 2 is 1.95 bits per heavy atom. The fourth-order valence-electron chi connectivity index (χ4n) is 1.86. The van der Waals surface area contributed by atoms with E-state index in [2.05, 4.69) is 51.4 Å². The number of allylic oxidation sites excluding steroid dienone is 1. The molecule has 4 nitrogen and oxygen atoms in total. The number of amides is 1. The first-order valence-electron chi connectivity index (χ1n) is 7.10. The molecule has 0 radical (unpaired) electrons. The van der Waals surface area contributed by atoms with Gasteiger partial charge in [-0.2, -0.15) is 0 Å². The second-order valence-corrected chi connectivity index (χ2v) is 9.42. The molecule has 0 saturated carbocycles. The molecule has 0 rings (SSSR count). The molecular formula is C14H23Br2NO3S2. The van der Waals surface area contributed by atoms with Gasteiger partial charge in [0.1, 0.15) is 0 Å². The van der Waals surface area contributed by atoms with E-state index < -0.39 is 15.9 Å². The van der Waals surface area contributed by atoms with Crippen LogP contribution in [0.25, 0.3) is 0 Å². The van der Waals surface area contributed by atoms with Gasteiger partial charge in [-0.15, -0.1) is 12.6 Å². The maximum Gasteiger partial charge on any atom is 0.263 e. The molecule has 0 bridgehead atoms. The summed E-state index contributed by atoms with van der Waals surface area (Å²) in [6, 6.07) is 0. The van der Waals surface area contributed by atoms with E-state index in [4.69, 9.17) is 0 Å². The molecule has 1 unspecified atom stereocenters. The van der Waals surface area contributed by atoms with Crippen LogP contribution in [-0.2, 0) is 14.8 Å². The molecule has 0 saturated heterocycles. The molecule has 128 valence electrons. The molecule has 0 aromatic heterocycles. The number of rotatable bonds is 9. The number of thiol groups is 1. The Hall–Kier alpha value is 0.210. The highest BCUT2D eigenvalue weighted by atomic mass is 79.9. The third-order valence-corrected chi connectivity index (χ3v) is 6.50. The zero-order valence-electron chi connectivity index (χ0n) is 13.1. The smallest absolute Gasteiger partial charge is 0.263 e. The highest BCUT2D eigenvalue weighted by molar-refractivity contribution is 9.13. The van der Waals surface area contributed by atoms with Crippen molar-refractivity contribution in [3.05, 3.63) is 19.8 Å². The number of hydrogen-bond acceptors (Lipinski definition) is 4. The lowest BCUT2D eigenvalue weighted by Crippen LogP contribution is -2.39. The van der Waals surface area contributed by atoms with E-state index in [1.165, 1.54) is 11.9 Å². The van der Waals surface area contributed by atoms with E-state index >= 15 is 0 Å². The van der Waals surface area contributed by atoms with Crippen molar-refractivity contribution in [2.24, 2.45) is 5.92 Å². The van der Waals surface area contributed by atoms with Gasteiger partial charge in [-0.25, -0.2) is 12.7 Å². The van der Waals surface area contributed by atoms with Gasteiger partial charge in [0.05, 0.1) is 8.72 Å². The van der Waals surface area contributed by atoms with E-state index in [1.54, 1.807) is 0 Å². The van der Waals surface area contributed by atoms with Gasteiger partial charge in [-0.1, -0.05) is 49.0 Å². The van der Waals surface area contributed by atoms with Crippen molar-refractivity contribution in [2.45, 2.75) is 46.5 Å². The second kappa shape index (κ2) is 10.9. The highest BCUT2D eigenvalue weighted by Gasteiger charge is 2.29. The molecule has 0 aliphatic rings. The van der Waals surface area contributed by atoms with Gasteiger partial charge in [0.15, 0.2) is 0 Å². The topological polar surface area (TPSA) is 54.5 Å². The van der Waals surface area contributed by atoms with Crippen molar-refractivity contribution >= 4 is 60.4 Å². The predicted octanol–water partition coefficient (Wildman–Crippen LogP) is 4.78. The number of carbonyl (C=O) groups is 1. The zero-order valence-corrected chi connectivity index (χ0v) is 17.9. The van der Waals surface area contributed by atoms with Crippen molar-refractivity contribution in [3.8, 4) is 0 Å². The number of halogens is 2. The molecule has 0 spiro atoms. The molecule has 1 amide bonds. The predicted molar refractivity (Wildman–Crippen MR) is 103 cm³/mol. The average Bonchev–Trinajstić information content (AvgIpc) is 2.45. The van der Waals surface area contributed by atoms with Crippen molar-refractivity contribution in [2.75, 3.05) is 6.54 Å². The quantitative estimate of drug-likeness (QED) is 0.384. The second-order valence-electron chi connectivity index (χ2n) is 4.98. The van der Waals surface area contributed by atoms with Crippen LogP contribution in [-0.4, -0.2) is 25.2 Å². The highest BCUT2D eigenvalue weighted by Crippen LogP contribution is 2.22. The lowest BCUT2D eigenvalue weighted by atomic mass is 9.99. The summed E-state index contributed by atoms with van der Waals surface area (Å²) in [6.07, 6.45) is 4.94. The first-order valence-corrected chi connectivity index (χ1v) is 10.7. The number of carbonyl (C=O) groups excluding carboxylic acids is 1. The Morgan fingerprint density at radius 3 is 2.36 bits per heavy atom. The Morgan fingerprint density at radius 1 is 1.36 bits per heavy atom. The molecule has 0 aliphatic heterocycles. The minimum absolute atomic E-state index is 0.0925. The largest absolute Gasteiger partial charge is 0.269 e. The number of sulfonamides is 1. The normalized spacial score (nSPS) is 14.8. The SMILES string of the molecule is CCCCC(CC)CN(C(=O)/C=C(/S)Br)S(=O)(=O)/C(C)=C\Br. The molecule has 22 heavy (non-hydrogen) atoms. The molecule has 0 aromatic carbocycles. The van der Waals surface area contributed by atoms with Crippen molar-refractivity contribution in [1.82, 2.24) is 4.31 Å². The average molecular weight is 477 g/mol. The number of nitrogens with zero attached hydrogens (tertiary/aromatic N) is 1. The Labute approximate surface area is 156 Å². The van der Waals surface area contributed by atoms with Gasteiger partial charge in [0.2, 0.25) is 0 Å². The summed E-state index contributed by atoms with van der Waals surface area (Å²) in [6.45, 7) is 5.73. The molecule has 0 aliphatic carbocycles. The van der Waals surface area contributed by atoms with Crippen LogP contribution < -0.4 is 0 Å². The summed E-state index contributed by atoms with van der Waals surface area (Å²) in [7, 11) is -3.83. The summed E-state index contributed by atoms with van der Waals surface area (Å²) < 4.78 is 26.3. The van der Waals surface area contributed by atoms with Crippen LogP contribution in [0, 0.1) is 5.92 Å². The minimum atomic E-state index is -3.83. The van der Waals surface area contributed by atoms with Gasteiger partial charge in [0.25, 0.3) is 15.9 Å². The van der Waals surface area contributed by atoms with Gasteiger partial charge in [-0.05, 0) is 40.2 Å². The van der Waals surface area contributed by atoms with Gasteiger partial charge in [0, 0.05) is 12.6 Å². The van der Waals surface area contributed by atoms with Crippen molar-refractivity contribution < 1.29 is 13.2 Å². The molecule has 1 atom stereocenters. The number of unbranched alkanes of at least 4 members (excludes halogenated alkanes) is 1. The summed E-state index contributed by atoms with van der Waals surface area (Å²) >= 11 is 10.1. The van der Waals surface area contributed by atoms with Gasteiger partial charge < -0.3 is 0 Å². The van der Waals surface area contributed by atoms with Gasteiger partial charge in [-0.3, -0.25) is 4.79 Å². The lowest BCUT2D eigenvalue weighted by molar-refractivity contribution is -0.122. The van der Waals surface area contributed by atoms with Crippen LogP contribution in [0.15, 0.2) is 19.8 Å². The number of hydrogen-bond donors (Lipinski definition) is 1. The standard InChI is InChI=1S/C14H23Br2NO3S2/c1-4-6-7-12(5-2)10-17(14(18)8-13(16)21)22(19,20)11(3)9-15/h8-9,12,21H,4-7,10H2,1-3H3/b11-9-,13-8+. The first-order chi connectivity index (χ1) is 10.2. The maximum absolute atomic E-state index is 12.5. The molecular weight excluding hydrogens is 454 g/mol. The third kappa shape index (κ3) is 7.19. The van der Waals surface area contributed by atoms with E-state index in [9.17, 15) is 13.2 Å². The van der Waals surface area contributed by atoms with E-state index in [1.807, 2.05) is 6.92 Å². The summed E-state index contributed by atoms with van der Waals surface area (Å²) in [5.74, 6) is -0.445. The first kappa shape index (κ1) is 22.2. The van der Waals surface area contributed by atoms with E-state index in [0.29, 0.717) is 3.81 Å². The molecule has 0 heterocycles. The molecule has 0 N–H and O–H groups in total. The Balaban J connectivity index is 5.53. The summed E-state index contributed by atoms with van der Waals surface area (Å²) in [4.78, 5) is 13.7.